The van der Waals surface area contributed by atoms with Crippen molar-refractivity contribution in [2.45, 2.75) is 32.4 Å². The third kappa shape index (κ3) is 2.36. The van der Waals surface area contributed by atoms with Gasteiger partial charge in [0.05, 0.1) is 6.54 Å². The third-order valence-corrected chi connectivity index (χ3v) is 2.72. The number of rotatable bonds is 4. The molecule has 1 aromatic heterocycles. The molecule has 5 nitrogen and oxygen atoms in total. The van der Waals surface area contributed by atoms with Crippen molar-refractivity contribution in [3.05, 3.63) is 17.5 Å². The lowest BCUT2D eigenvalue weighted by Crippen LogP contribution is -2.39. The SMILES string of the molecule is CC1CC(NCc2cc(C(=O)O)no2)C1. The Balaban J connectivity index is 1.81. The number of carboxylic acids is 1. The van der Waals surface area contributed by atoms with Crippen molar-refractivity contribution >= 4 is 5.97 Å². The van der Waals surface area contributed by atoms with Gasteiger partial charge in [-0.1, -0.05) is 12.1 Å². The van der Waals surface area contributed by atoms with Crippen LogP contribution in [0.25, 0.3) is 0 Å². The summed E-state index contributed by atoms with van der Waals surface area (Å²) in [5.41, 5.74) is -0.0335. The lowest BCUT2D eigenvalue weighted by Gasteiger charge is -2.33. The third-order valence-electron chi connectivity index (χ3n) is 2.72. The molecule has 1 heterocycles. The van der Waals surface area contributed by atoms with Gasteiger partial charge in [-0.05, 0) is 18.8 Å². The van der Waals surface area contributed by atoms with Crippen molar-refractivity contribution in [1.82, 2.24) is 10.5 Å². The van der Waals surface area contributed by atoms with Crippen LogP contribution in [0.5, 0.6) is 0 Å². The fourth-order valence-electron chi connectivity index (χ4n) is 1.81. The van der Waals surface area contributed by atoms with E-state index in [1.165, 1.54) is 18.9 Å². The first-order valence-corrected chi connectivity index (χ1v) is 5.07. The molecule has 0 atom stereocenters. The molecule has 0 saturated heterocycles. The summed E-state index contributed by atoms with van der Waals surface area (Å²) in [4.78, 5) is 10.5. The Morgan fingerprint density at radius 3 is 3.00 bits per heavy atom. The van der Waals surface area contributed by atoms with Gasteiger partial charge >= 0.3 is 5.97 Å². The molecule has 0 unspecified atom stereocenters. The van der Waals surface area contributed by atoms with E-state index in [9.17, 15) is 4.79 Å². The Hall–Kier alpha value is -1.36. The number of carbonyl (C=O) groups is 1. The Morgan fingerprint density at radius 1 is 1.73 bits per heavy atom. The summed E-state index contributed by atoms with van der Waals surface area (Å²) < 4.78 is 4.88. The summed E-state index contributed by atoms with van der Waals surface area (Å²) in [5.74, 6) is 0.320. The highest BCUT2D eigenvalue weighted by atomic mass is 16.5. The van der Waals surface area contributed by atoms with Crippen molar-refractivity contribution < 1.29 is 14.4 Å². The zero-order valence-electron chi connectivity index (χ0n) is 8.56. The summed E-state index contributed by atoms with van der Waals surface area (Å²) in [6.45, 7) is 2.77. The van der Waals surface area contributed by atoms with E-state index in [0.717, 1.165) is 5.92 Å². The molecule has 1 saturated carbocycles. The molecule has 0 bridgehead atoms. The highest BCUT2D eigenvalue weighted by Crippen LogP contribution is 2.26. The smallest absolute Gasteiger partial charge is 0.358 e. The number of nitrogens with zero attached hydrogens (tertiary/aromatic N) is 1. The van der Waals surface area contributed by atoms with Gasteiger partial charge in [0.15, 0.2) is 11.5 Å². The molecule has 1 aromatic rings. The maximum Gasteiger partial charge on any atom is 0.358 e. The van der Waals surface area contributed by atoms with Crippen LogP contribution in [-0.2, 0) is 6.54 Å². The molecule has 5 heteroatoms. The molecule has 2 rings (SSSR count). The van der Waals surface area contributed by atoms with Gasteiger partial charge in [0, 0.05) is 12.1 Å². The highest BCUT2D eigenvalue weighted by molar-refractivity contribution is 5.85. The molecule has 1 fully saturated rings. The molecule has 1 aliphatic rings. The Morgan fingerprint density at radius 2 is 2.47 bits per heavy atom. The number of nitrogens with one attached hydrogen (secondary N) is 1. The van der Waals surface area contributed by atoms with Crippen molar-refractivity contribution in [2.75, 3.05) is 0 Å². The maximum atomic E-state index is 10.5. The lowest BCUT2D eigenvalue weighted by atomic mass is 9.82. The first-order valence-electron chi connectivity index (χ1n) is 5.07. The van der Waals surface area contributed by atoms with Crippen LogP contribution in [-0.4, -0.2) is 22.3 Å². The zero-order valence-corrected chi connectivity index (χ0v) is 8.56. The number of carboxylic acid groups (broad SMARTS) is 1. The zero-order chi connectivity index (χ0) is 10.8. The summed E-state index contributed by atoms with van der Waals surface area (Å²) in [5, 5.41) is 15.4. The predicted octanol–water partition coefficient (Wildman–Crippen LogP) is 1.26. The van der Waals surface area contributed by atoms with Crippen LogP contribution >= 0.6 is 0 Å². The summed E-state index contributed by atoms with van der Waals surface area (Å²) >= 11 is 0. The maximum absolute atomic E-state index is 10.5. The van der Waals surface area contributed by atoms with E-state index in [0.29, 0.717) is 18.3 Å². The minimum Gasteiger partial charge on any atom is -0.476 e. The van der Waals surface area contributed by atoms with E-state index in [1.807, 2.05) is 0 Å². The number of hydrogen-bond acceptors (Lipinski definition) is 4. The molecule has 0 amide bonds. The largest absolute Gasteiger partial charge is 0.476 e. The van der Waals surface area contributed by atoms with Crippen LogP contribution in [0.4, 0.5) is 0 Å². The van der Waals surface area contributed by atoms with Gasteiger partial charge in [0.1, 0.15) is 0 Å². The van der Waals surface area contributed by atoms with Crippen LogP contribution in [0.15, 0.2) is 10.6 Å². The predicted molar refractivity (Wildman–Crippen MR) is 52.5 cm³/mol. The molecule has 15 heavy (non-hydrogen) atoms. The van der Waals surface area contributed by atoms with E-state index < -0.39 is 5.97 Å². The van der Waals surface area contributed by atoms with Gasteiger partial charge < -0.3 is 14.9 Å². The second-order valence-electron chi connectivity index (χ2n) is 4.14. The van der Waals surface area contributed by atoms with Crippen LogP contribution in [0.3, 0.4) is 0 Å². The van der Waals surface area contributed by atoms with Gasteiger partial charge in [-0.25, -0.2) is 4.79 Å². The molecule has 0 radical (unpaired) electrons. The minimum absolute atomic E-state index is 0.0335. The molecular formula is C10H14N2O3. The van der Waals surface area contributed by atoms with E-state index in [-0.39, 0.29) is 5.69 Å². The van der Waals surface area contributed by atoms with Gasteiger partial charge in [-0.15, -0.1) is 0 Å². The van der Waals surface area contributed by atoms with E-state index in [2.05, 4.69) is 17.4 Å². The fraction of sp³-hybridized carbons (Fsp3) is 0.600. The normalized spacial score (nSPS) is 24.9. The lowest BCUT2D eigenvalue weighted by molar-refractivity contribution is 0.0685. The number of aromatic nitrogens is 1. The summed E-state index contributed by atoms with van der Waals surface area (Å²) in [6.07, 6.45) is 2.36. The van der Waals surface area contributed by atoms with Crippen LogP contribution in [0.2, 0.25) is 0 Å². The molecule has 0 aliphatic heterocycles. The van der Waals surface area contributed by atoms with Gasteiger partial charge in [0.25, 0.3) is 0 Å². The van der Waals surface area contributed by atoms with Crippen LogP contribution in [0.1, 0.15) is 36.0 Å². The average Bonchev–Trinajstić information content (AvgIpc) is 2.59. The highest BCUT2D eigenvalue weighted by Gasteiger charge is 2.24. The quantitative estimate of drug-likeness (QED) is 0.782. The first kappa shape index (κ1) is 10.2. The Labute approximate surface area is 87.5 Å². The van der Waals surface area contributed by atoms with Crippen molar-refractivity contribution in [2.24, 2.45) is 5.92 Å². The van der Waals surface area contributed by atoms with Crippen LogP contribution in [0, 0.1) is 5.92 Å². The van der Waals surface area contributed by atoms with Gasteiger partial charge in [-0.2, -0.15) is 0 Å². The van der Waals surface area contributed by atoms with Gasteiger partial charge in [-0.3, -0.25) is 0 Å². The van der Waals surface area contributed by atoms with E-state index in [4.69, 9.17) is 9.63 Å². The minimum atomic E-state index is -1.05. The second-order valence-corrected chi connectivity index (χ2v) is 4.14. The van der Waals surface area contributed by atoms with E-state index in [1.54, 1.807) is 0 Å². The topological polar surface area (TPSA) is 75.4 Å². The van der Waals surface area contributed by atoms with Crippen LogP contribution < -0.4 is 5.32 Å². The Bertz CT molecular complexity index is 355. The first-order chi connectivity index (χ1) is 7.15. The second kappa shape index (κ2) is 4.02. The van der Waals surface area contributed by atoms with Crippen molar-refractivity contribution in [3.8, 4) is 0 Å². The molecule has 1 aliphatic carbocycles. The Kier molecular flexibility index (Phi) is 2.73. The molecule has 0 spiro atoms. The average molecular weight is 210 g/mol. The molecule has 0 aromatic carbocycles. The standard InChI is InChI=1S/C10H14N2O3/c1-6-2-7(3-6)11-5-8-4-9(10(13)14)12-15-8/h4,6-7,11H,2-3,5H2,1H3,(H,13,14). The molecule has 82 valence electrons. The summed E-state index contributed by atoms with van der Waals surface area (Å²) in [7, 11) is 0. The van der Waals surface area contributed by atoms with Crippen molar-refractivity contribution in [1.29, 1.82) is 0 Å². The molecular weight excluding hydrogens is 196 g/mol. The number of aromatic carboxylic acids is 1. The fourth-order valence-corrected chi connectivity index (χ4v) is 1.81. The molecule has 2 N–H and O–H groups in total. The monoisotopic (exact) mass is 210 g/mol. The number of hydrogen-bond donors (Lipinski definition) is 2. The van der Waals surface area contributed by atoms with Crippen molar-refractivity contribution in [3.63, 3.8) is 0 Å². The summed E-state index contributed by atoms with van der Waals surface area (Å²) in [6, 6.07) is 2.00. The van der Waals surface area contributed by atoms with E-state index >= 15 is 0 Å². The van der Waals surface area contributed by atoms with Gasteiger partial charge in [0.2, 0.25) is 0 Å².